The average Bonchev–Trinajstić information content (AvgIpc) is 2.60. The molecule has 0 aromatic carbocycles. The summed E-state index contributed by atoms with van der Waals surface area (Å²) in [6.45, 7) is 7.04. The van der Waals surface area contributed by atoms with Crippen LogP contribution in [0.15, 0.2) is 0 Å². The molecule has 0 bridgehead atoms. The quantitative estimate of drug-likeness (QED) is 0.800. The van der Waals surface area contributed by atoms with E-state index in [1.165, 1.54) is 44.3 Å². The Bertz CT molecular complexity index is 229. The lowest BCUT2D eigenvalue weighted by Gasteiger charge is -2.38. The van der Waals surface area contributed by atoms with Crippen molar-refractivity contribution in [3.63, 3.8) is 0 Å². The van der Waals surface area contributed by atoms with E-state index in [2.05, 4.69) is 37.8 Å². The molecule has 1 spiro atoms. The standard InChI is InChI=1S/C14H27NS/c1-4-13-10-16-14(15-13)7-5-6-12(9-14)8-11(2)3/h11-13,15H,4-10H2,1-3H3. The van der Waals surface area contributed by atoms with Crippen molar-refractivity contribution in [2.45, 2.75) is 70.2 Å². The van der Waals surface area contributed by atoms with Gasteiger partial charge in [-0.05, 0) is 37.5 Å². The van der Waals surface area contributed by atoms with E-state index < -0.39 is 0 Å². The minimum absolute atomic E-state index is 0.471. The zero-order valence-electron chi connectivity index (χ0n) is 11.1. The van der Waals surface area contributed by atoms with Crippen molar-refractivity contribution in [3.05, 3.63) is 0 Å². The molecule has 2 heteroatoms. The van der Waals surface area contributed by atoms with Crippen molar-refractivity contribution in [2.24, 2.45) is 11.8 Å². The number of rotatable bonds is 3. The van der Waals surface area contributed by atoms with Crippen LogP contribution in [0.1, 0.15) is 59.3 Å². The molecular formula is C14H27NS. The maximum absolute atomic E-state index is 3.92. The van der Waals surface area contributed by atoms with E-state index >= 15 is 0 Å². The van der Waals surface area contributed by atoms with Crippen molar-refractivity contribution in [1.82, 2.24) is 5.32 Å². The summed E-state index contributed by atoms with van der Waals surface area (Å²) in [7, 11) is 0. The van der Waals surface area contributed by atoms with Gasteiger partial charge in [-0.25, -0.2) is 0 Å². The summed E-state index contributed by atoms with van der Waals surface area (Å²) in [4.78, 5) is 0.471. The molecule has 0 aromatic rings. The van der Waals surface area contributed by atoms with E-state index in [4.69, 9.17) is 0 Å². The Morgan fingerprint density at radius 2 is 2.25 bits per heavy atom. The number of hydrogen-bond donors (Lipinski definition) is 1. The Morgan fingerprint density at radius 3 is 2.88 bits per heavy atom. The van der Waals surface area contributed by atoms with E-state index in [9.17, 15) is 0 Å². The van der Waals surface area contributed by atoms with Gasteiger partial charge in [0.2, 0.25) is 0 Å². The smallest absolute Gasteiger partial charge is 0.0650 e. The molecule has 0 radical (unpaired) electrons. The van der Waals surface area contributed by atoms with Gasteiger partial charge in [-0.1, -0.05) is 33.6 Å². The molecule has 0 aromatic heterocycles. The highest BCUT2D eigenvalue weighted by atomic mass is 32.2. The van der Waals surface area contributed by atoms with Crippen molar-refractivity contribution in [3.8, 4) is 0 Å². The molecule has 2 rings (SSSR count). The Balaban J connectivity index is 1.91. The normalized spacial score (nSPS) is 39.8. The molecule has 1 nitrogen and oxygen atoms in total. The number of thioether (sulfide) groups is 1. The van der Waals surface area contributed by atoms with Gasteiger partial charge in [0.1, 0.15) is 0 Å². The first-order chi connectivity index (χ1) is 7.63. The summed E-state index contributed by atoms with van der Waals surface area (Å²) in [6, 6.07) is 0.780. The van der Waals surface area contributed by atoms with Gasteiger partial charge in [0.05, 0.1) is 4.87 Å². The molecule has 3 atom stereocenters. The maximum Gasteiger partial charge on any atom is 0.0650 e. The lowest BCUT2D eigenvalue weighted by Crippen LogP contribution is -2.45. The maximum atomic E-state index is 3.92. The van der Waals surface area contributed by atoms with Crippen LogP contribution in [-0.4, -0.2) is 16.7 Å². The van der Waals surface area contributed by atoms with Crippen LogP contribution in [0.2, 0.25) is 0 Å². The Kier molecular flexibility index (Phi) is 4.23. The van der Waals surface area contributed by atoms with Gasteiger partial charge >= 0.3 is 0 Å². The first kappa shape index (κ1) is 12.8. The van der Waals surface area contributed by atoms with E-state index in [0.29, 0.717) is 4.87 Å². The van der Waals surface area contributed by atoms with Crippen LogP contribution in [0.5, 0.6) is 0 Å². The van der Waals surface area contributed by atoms with E-state index in [1.54, 1.807) is 0 Å². The summed E-state index contributed by atoms with van der Waals surface area (Å²) < 4.78 is 0. The van der Waals surface area contributed by atoms with Crippen LogP contribution in [0.25, 0.3) is 0 Å². The molecule has 2 fully saturated rings. The Morgan fingerprint density at radius 1 is 1.44 bits per heavy atom. The topological polar surface area (TPSA) is 12.0 Å². The average molecular weight is 241 g/mol. The molecule has 3 unspecified atom stereocenters. The van der Waals surface area contributed by atoms with Crippen LogP contribution in [0.4, 0.5) is 0 Å². The third kappa shape index (κ3) is 2.95. The van der Waals surface area contributed by atoms with Gasteiger partial charge in [-0.15, -0.1) is 11.8 Å². The highest BCUT2D eigenvalue weighted by molar-refractivity contribution is 8.00. The number of hydrogen-bond acceptors (Lipinski definition) is 2. The molecular weight excluding hydrogens is 214 g/mol. The molecule has 2 aliphatic rings. The largest absolute Gasteiger partial charge is 0.299 e. The first-order valence-corrected chi connectivity index (χ1v) is 8.04. The van der Waals surface area contributed by atoms with E-state index in [-0.39, 0.29) is 0 Å². The first-order valence-electron chi connectivity index (χ1n) is 7.05. The summed E-state index contributed by atoms with van der Waals surface area (Å²) in [5, 5.41) is 3.92. The third-order valence-electron chi connectivity index (χ3n) is 4.14. The molecule has 1 N–H and O–H groups in total. The zero-order valence-corrected chi connectivity index (χ0v) is 11.9. The highest BCUT2D eigenvalue weighted by Gasteiger charge is 2.42. The van der Waals surface area contributed by atoms with Crippen molar-refractivity contribution in [1.29, 1.82) is 0 Å². The van der Waals surface area contributed by atoms with E-state index in [0.717, 1.165) is 17.9 Å². The van der Waals surface area contributed by atoms with Crippen molar-refractivity contribution < 1.29 is 0 Å². The zero-order chi connectivity index (χ0) is 11.6. The lowest BCUT2D eigenvalue weighted by molar-refractivity contribution is 0.228. The fourth-order valence-corrected chi connectivity index (χ4v) is 5.14. The third-order valence-corrected chi connectivity index (χ3v) is 5.75. The van der Waals surface area contributed by atoms with Crippen LogP contribution < -0.4 is 5.32 Å². The SMILES string of the molecule is CCC1CSC2(CCCC(CC(C)C)C2)N1. The van der Waals surface area contributed by atoms with Crippen LogP contribution >= 0.6 is 11.8 Å². The summed E-state index contributed by atoms with van der Waals surface area (Å²) in [5.74, 6) is 3.18. The minimum atomic E-state index is 0.471. The van der Waals surface area contributed by atoms with Crippen LogP contribution in [0, 0.1) is 11.8 Å². The fourth-order valence-electron chi connectivity index (χ4n) is 3.41. The molecule has 1 heterocycles. The van der Waals surface area contributed by atoms with Gasteiger partial charge in [-0.3, -0.25) is 5.32 Å². The highest BCUT2D eigenvalue weighted by Crippen LogP contribution is 2.46. The van der Waals surface area contributed by atoms with Gasteiger partial charge < -0.3 is 0 Å². The second-order valence-electron chi connectivity index (χ2n) is 6.15. The predicted octanol–water partition coefficient (Wildman–Crippen LogP) is 4.03. The van der Waals surface area contributed by atoms with Crippen molar-refractivity contribution >= 4 is 11.8 Å². The molecule has 1 saturated heterocycles. The molecule has 1 saturated carbocycles. The summed E-state index contributed by atoms with van der Waals surface area (Å²) in [5.41, 5.74) is 0. The second kappa shape index (κ2) is 5.30. The Hall–Kier alpha value is 0.310. The Labute approximate surface area is 105 Å². The fraction of sp³-hybridized carbons (Fsp3) is 1.00. The van der Waals surface area contributed by atoms with Gasteiger partial charge in [0, 0.05) is 11.8 Å². The van der Waals surface area contributed by atoms with E-state index in [1.807, 2.05) is 0 Å². The predicted molar refractivity (Wildman–Crippen MR) is 73.8 cm³/mol. The van der Waals surface area contributed by atoms with Crippen molar-refractivity contribution in [2.75, 3.05) is 5.75 Å². The lowest BCUT2D eigenvalue weighted by atomic mass is 9.80. The molecule has 94 valence electrons. The molecule has 1 aliphatic heterocycles. The minimum Gasteiger partial charge on any atom is -0.299 e. The van der Waals surface area contributed by atoms with Gasteiger partial charge in [0.25, 0.3) is 0 Å². The van der Waals surface area contributed by atoms with Gasteiger partial charge in [-0.2, -0.15) is 0 Å². The summed E-state index contributed by atoms with van der Waals surface area (Å²) >= 11 is 2.22. The molecule has 1 aliphatic carbocycles. The summed E-state index contributed by atoms with van der Waals surface area (Å²) in [6.07, 6.45) is 8.46. The molecule has 16 heavy (non-hydrogen) atoms. The monoisotopic (exact) mass is 241 g/mol. The van der Waals surface area contributed by atoms with Crippen LogP contribution in [0.3, 0.4) is 0 Å². The van der Waals surface area contributed by atoms with Crippen LogP contribution in [-0.2, 0) is 0 Å². The second-order valence-corrected chi connectivity index (χ2v) is 7.55. The van der Waals surface area contributed by atoms with Gasteiger partial charge in [0.15, 0.2) is 0 Å². The molecule has 0 amide bonds. The number of nitrogens with one attached hydrogen (secondary N) is 1.